The molecule has 1 aromatic carbocycles. The fourth-order valence-corrected chi connectivity index (χ4v) is 3.95. The van der Waals surface area contributed by atoms with Crippen LogP contribution in [0.5, 0.6) is 0 Å². The zero-order valence-corrected chi connectivity index (χ0v) is 18.8. The molecule has 0 aliphatic carbocycles. The second-order valence-electron chi connectivity index (χ2n) is 9.06. The molecule has 0 atom stereocenters. The Labute approximate surface area is 184 Å². The number of benzene rings is 1. The summed E-state index contributed by atoms with van der Waals surface area (Å²) in [5, 5.41) is 4.13. The number of para-hydroxylation sites is 1. The van der Waals surface area contributed by atoms with Crippen LogP contribution in [0.1, 0.15) is 52.9 Å². The lowest BCUT2D eigenvalue weighted by Crippen LogP contribution is -2.48. The molecule has 1 aliphatic rings. The minimum absolute atomic E-state index is 0.195. The Morgan fingerprint density at radius 1 is 1.19 bits per heavy atom. The van der Waals surface area contributed by atoms with Crippen molar-refractivity contribution in [3.8, 4) is 0 Å². The van der Waals surface area contributed by atoms with Crippen LogP contribution in [0.4, 0.5) is 14.9 Å². The molecule has 0 saturated carbocycles. The van der Waals surface area contributed by atoms with Gasteiger partial charge in [-0.25, -0.2) is 14.2 Å². The Hall–Kier alpha value is -2.64. The number of carbonyl (C=O) groups is 1. The third kappa shape index (κ3) is 6.94. The van der Waals surface area contributed by atoms with E-state index in [1.807, 2.05) is 37.6 Å². The molecule has 0 bridgehead atoms. The first kappa shape index (κ1) is 23.0. The summed E-state index contributed by atoms with van der Waals surface area (Å²) in [6.07, 6.45) is 7.60. The molecule has 1 fully saturated rings. The molecule has 2 heterocycles. The number of nitrogens with zero attached hydrogens (tertiary/aromatic N) is 5. The molecule has 2 aromatic rings. The number of aryl methyl sites for hydroxylation is 1. The molecule has 31 heavy (non-hydrogen) atoms. The van der Waals surface area contributed by atoms with Gasteiger partial charge in [-0.05, 0) is 65.0 Å². The molecule has 0 radical (unpaired) electrons. The number of hydrogen-bond acceptors (Lipinski definition) is 5. The predicted octanol–water partition coefficient (Wildman–Crippen LogP) is 4.49. The molecular formula is C23H34FN5O2. The summed E-state index contributed by atoms with van der Waals surface area (Å²) in [5.74, 6) is -0.195. The Morgan fingerprint density at radius 3 is 2.58 bits per heavy atom. The van der Waals surface area contributed by atoms with Crippen LogP contribution in [-0.2, 0) is 11.3 Å². The van der Waals surface area contributed by atoms with Gasteiger partial charge in [0.1, 0.15) is 24.1 Å². The lowest BCUT2D eigenvalue weighted by molar-refractivity contribution is 0.0204. The highest BCUT2D eigenvalue weighted by atomic mass is 19.1. The van der Waals surface area contributed by atoms with Crippen molar-refractivity contribution in [2.45, 2.75) is 71.1 Å². The van der Waals surface area contributed by atoms with E-state index in [-0.39, 0.29) is 18.0 Å². The normalized spacial score (nSPS) is 15.2. The number of ether oxygens (including phenoxy) is 1. The molecule has 1 amide bonds. The second-order valence-corrected chi connectivity index (χ2v) is 9.06. The van der Waals surface area contributed by atoms with Crippen LogP contribution in [-0.4, -0.2) is 57.0 Å². The van der Waals surface area contributed by atoms with E-state index in [4.69, 9.17) is 4.74 Å². The van der Waals surface area contributed by atoms with Crippen LogP contribution in [0.25, 0.3) is 0 Å². The van der Waals surface area contributed by atoms with Crippen molar-refractivity contribution in [3.63, 3.8) is 0 Å². The molecule has 0 N–H and O–H groups in total. The summed E-state index contributed by atoms with van der Waals surface area (Å²) in [4.78, 5) is 20.3. The summed E-state index contributed by atoms with van der Waals surface area (Å²) < 4.78 is 21.9. The van der Waals surface area contributed by atoms with Crippen LogP contribution in [0.2, 0.25) is 0 Å². The lowest BCUT2D eigenvalue weighted by atomic mass is 10.0. The van der Waals surface area contributed by atoms with E-state index in [9.17, 15) is 9.18 Å². The monoisotopic (exact) mass is 431 g/mol. The summed E-state index contributed by atoms with van der Waals surface area (Å²) >= 11 is 0. The highest BCUT2D eigenvalue weighted by molar-refractivity contribution is 5.68. The summed E-state index contributed by atoms with van der Waals surface area (Å²) in [7, 11) is 0. The lowest BCUT2D eigenvalue weighted by Gasteiger charge is -2.40. The summed E-state index contributed by atoms with van der Waals surface area (Å²) in [5.41, 5.74) is 0.147. The number of aromatic nitrogens is 3. The Balaban J connectivity index is 1.56. The highest BCUT2D eigenvalue weighted by Crippen LogP contribution is 2.27. The van der Waals surface area contributed by atoms with Crippen molar-refractivity contribution in [3.05, 3.63) is 42.7 Å². The van der Waals surface area contributed by atoms with Gasteiger partial charge in [0.2, 0.25) is 0 Å². The molecular weight excluding hydrogens is 397 g/mol. The van der Waals surface area contributed by atoms with Crippen molar-refractivity contribution in [1.82, 2.24) is 19.7 Å². The quantitative estimate of drug-likeness (QED) is 0.576. The van der Waals surface area contributed by atoms with Crippen molar-refractivity contribution in [1.29, 1.82) is 0 Å². The second kappa shape index (κ2) is 10.6. The molecule has 170 valence electrons. The summed E-state index contributed by atoms with van der Waals surface area (Å²) in [6.45, 7) is 8.50. The zero-order chi connectivity index (χ0) is 22.3. The zero-order valence-electron chi connectivity index (χ0n) is 18.8. The van der Waals surface area contributed by atoms with Gasteiger partial charge in [0.05, 0.1) is 5.69 Å². The Morgan fingerprint density at radius 2 is 1.94 bits per heavy atom. The fraction of sp³-hybridized carbons (Fsp3) is 0.609. The maximum atomic E-state index is 14.6. The predicted molar refractivity (Wildman–Crippen MR) is 118 cm³/mol. The van der Waals surface area contributed by atoms with E-state index in [0.717, 1.165) is 45.2 Å². The molecule has 1 aliphatic heterocycles. The van der Waals surface area contributed by atoms with Crippen molar-refractivity contribution in [2.24, 2.45) is 0 Å². The van der Waals surface area contributed by atoms with Gasteiger partial charge in [0.25, 0.3) is 0 Å². The summed E-state index contributed by atoms with van der Waals surface area (Å²) in [6, 6.07) is 7.17. The number of unbranched alkanes of at least 4 members (excludes halogenated alkanes) is 2. The largest absolute Gasteiger partial charge is 0.444 e. The maximum Gasteiger partial charge on any atom is 0.410 e. The van der Waals surface area contributed by atoms with Gasteiger partial charge in [-0.1, -0.05) is 12.1 Å². The van der Waals surface area contributed by atoms with Gasteiger partial charge in [-0.15, -0.1) is 0 Å². The standard InChI is InChI=1S/C23H34FN5O2/c1-23(2,3)31-22(30)27-15-11-19(12-16-27)29(21-10-6-5-9-20(21)24)14-8-4-7-13-28-18-25-17-26-28/h5-6,9-10,17-19H,4,7-8,11-16H2,1-3H3. The number of hydrogen-bond donors (Lipinski definition) is 0. The van der Waals surface area contributed by atoms with E-state index in [0.29, 0.717) is 18.8 Å². The number of anilines is 1. The first-order valence-corrected chi connectivity index (χ1v) is 11.1. The minimum atomic E-state index is -0.501. The van der Waals surface area contributed by atoms with Gasteiger partial charge in [0, 0.05) is 32.2 Å². The number of rotatable bonds is 8. The van der Waals surface area contributed by atoms with Crippen LogP contribution >= 0.6 is 0 Å². The SMILES string of the molecule is CC(C)(C)OC(=O)N1CCC(N(CCCCCn2cncn2)c2ccccc2F)CC1. The fourth-order valence-electron chi connectivity index (χ4n) is 3.95. The van der Waals surface area contributed by atoms with Crippen LogP contribution in [0, 0.1) is 5.82 Å². The smallest absolute Gasteiger partial charge is 0.410 e. The molecule has 0 unspecified atom stereocenters. The van der Waals surface area contributed by atoms with E-state index in [1.165, 1.54) is 6.07 Å². The van der Waals surface area contributed by atoms with Crippen molar-refractivity contribution < 1.29 is 13.9 Å². The molecule has 8 heteroatoms. The first-order valence-electron chi connectivity index (χ1n) is 11.1. The van der Waals surface area contributed by atoms with E-state index in [2.05, 4.69) is 15.0 Å². The van der Waals surface area contributed by atoms with E-state index in [1.54, 1.807) is 23.6 Å². The van der Waals surface area contributed by atoms with Crippen molar-refractivity contribution >= 4 is 11.8 Å². The average molecular weight is 432 g/mol. The topological polar surface area (TPSA) is 63.5 Å². The van der Waals surface area contributed by atoms with E-state index < -0.39 is 5.60 Å². The van der Waals surface area contributed by atoms with Gasteiger partial charge in [0.15, 0.2) is 0 Å². The molecule has 0 spiro atoms. The number of halogens is 1. The van der Waals surface area contributed by atoms with Gasteiger partial charge >= 0.3 is 6.09 Å². The first-order chi connectivity index (χ1) is 14.8. The van der Waals surface area contributed by atoms with E-state index >= 15 is 0 Å². The highest BCUT2D eigenvalue weighted by Gasteiger charge is 2.30. The number of piperidine rings is 1. The Kier molecular flexibility index (Phi) is 7.87. The number of amides is 1. The minimum Gasteiger partial charge on any atom is -0.444 e. The number of likely N-dealkylation sites (tertiary alicyclic amines) is 1. The third-order valence-electron chi connectivity index (χ3n) is 5.47. The van der Waals surface area contributed by atoms with Crippen LogP contribution in [0.3, 0.4) is 0 Å². The van der Waals surface area contributed by atoms with Crippen LogP contribution in [0.15, 0.2) is 36.9 Å². The third-order valence-corrected chi connectivity index (χ3v) is 5.47. The van der Waals surface area contributed by atoms with Gasteiger partial charge < -0.3 is 14.5 Å². The molecule has 3 rings (SSSR count). The van der Waals surface area contributed by atoms with Gasteiger partial charge in [-0.3, -0.25) is 4.68 Å². The Bertz CT molecular complexity index is 814. The molecule has 7 nitrogen and oxygen atoms in total. The van der Waals surface area contributed by atoms with Crippen molar-refractivity contribution in [2.75, 3.05) is 24.5 Å². The number of carbonyl (C=O) groups excluding carboxylic acids is 1. The molecule has 1 aromatic heterocycles. The maximum absolute atomic E-state index is 14.6. The van der Waals surface area contributed by atoms with Gasteiger partial charge in [-0.2, -0.15) is 5.10 Å². The van der Waals surface area contributed by atoms with Crippen LogP contribution < -0.4 is 4.90 Å². The average Bonchev–Trinajstić information content (AvgIpc) is 3.24. The molecule has 1 saturated heterocycles.